The van der Waals surface area contributed by atoms with Gasteiger partial charge in [0.25, 0.3) is 0 Å². The molecule has 1 rings (SSSR count). The van der Waals surface area contributed by atoms with Crippen molar-refractivity contribution < 1.29 is 0 Å². The van der Waals surface area contributed by atoms with E-state index in [0.717, 1.165) is 5.56 Å². The first-order chi connectivity index (χ1) is 5.66. The van der Waals surface area contributed by atoms with Crippen molar-refractivity contribution in [3.63, 3.8) is 0 Å². The maximum absolute atomic E-state index is 5.71. The molecule has 0 unspecified atom stereocenters. The molecule has 3 nitrogen and oxygen atoms in total. The zero-order valence-corrected chi connectivity index (χ0v) is 7.04. The van der Waals surface area contributed by atoms with E-state index in [1.807, 2.05) is 19.1 Å². The van der Waals surface area contributed by atoms with Crippen molar-refractivity contribution in [3.05, 3.63) is 23.8 Å². The molecule has 0 aliphatic heterocycles. The largest absolute Gasteiger partial charge is 0.398 e. The van der Waals surface area contributed by atoms with Crippen molar-refractivity contribution in [2.75, 3.05) is 17.2 Å². The fourth-order valence-corrected chi connectivity index (χ4v) is 1.02. The van der Waals surface area contributed by atoms with E-state index in [4.69, 9.17) is 17.2 Å². The van der Waals surface area contributed by atoms with Gasteiger partial charge in [0.2, 0.25) is 0 Å². The molecule has 64 valence electrons. The molecule has 0 atom stereocenters. The van der Waals surface area contributed by atoms with E-state index in [9.17, 15) is 0 Å². The maximum atomic E-state index is 5.71. The second kappa shape index (κ2) is 3.17. The molecule has 1 aromatic rings. The summed E-state index contributed by atoms with van der Waals surface area (Å²) in [5.74, 6) is 0. The van der Waals surface area contributed by atoms with Gasteiger partial charge in [0, 0.05) is 11.3 Å². The lowest BCUT2D eigenvalue weighted by molar-refractivity contribution is 1.60. The Bertz CT molecular complexity index is 316. The Hall–Kier alpha value is -1.64. The highest BCUT2D eigenvalue weighted by Crippen LogP contribution is 2.26. The van der Waals surface area contributed by atoms with Crippen molar-refractivity contribution in [3.8, 4) is 0 Å². The van der Waals surface area contributed by atoms with E-state index in [0.29, 0.717) is 17.1 Å². The lowest BCUT2D eigenvalue weighted by atomic mass is 10.1. The molecule has 0 amide bonds. The second-order valence-electron chi connectivity index (χ2n) is 2.57. The number of hydrogen-bond acceptors (Lipinski definition) is 3. The minimum Gasteiger partial charge on any atom is -0.398 e. The number of hydrogen-bond donors (Lipinski definition) is 3. The minimum absolute atomic E-state index is 0.549. The molecule has 0 saturated heterocycles. The van der Waals surface area contributed by atoms with Gasteiger partial charge >= 0.3 is 0 Å². The number of nitrogens with two attached hydrogens (primary N) is 3. The smallest absolute Gasteiger partial charge is 0.0642 e. The molecular weight excluding hydrogens is 150 g/mol. The second-order valence-corrected chi connectivity index (χ2v) is 2.57. The van der Waals surface area contributed by atoms with Gasteiger partial charge < -0.3 is 17.2 Å². The van der Waals surface area contributed by atoms with Crippen molar-refractivity contribution in [2.24, 2.45) is 0 Å². The average Bonchev–Trinajstić information content (AvgIpc) is 2.06. The Morgan fingerprint density at radius 1 is 1.08 bits per heavy atom. The maximum Gasteiger partial charge on any atom is 0.0642 e. The van der Waals surface area contributed by atoms with E-state index in [1.165, 1.54) is 0 Å². The summed E-state index contributed by atoms with van der Waals surface area (Å²) in [5.41, 5.74) is 19.6. The summed E-state index contributed by atoms with van der Waals surface area (Å²) in [4.78, 5) is 0. The average molecular weight is 163 g/mol. The van der Waals surface area contributed by atoms with Crippen LogP contribution in [0.4, 0.5) is 17.1 Å². The molecule has 0 aromatic heterocycles. The van der Waals surface area contributed by atoms with Crippen LogP contribution >= 0.6 is 0 Å². The fourth-order valence-electron chi connectivity index (χ4n) is 1.02. The molecule has 0 aliphatic carbocycles. The first kappa shape index (κ1) is 8.46. The zero-order valence-electron chi connectivity index (χ0n) is 7.04. The monoisotopic (exact) mass is 163 g/mol. The van der Waals surface area contributed by atoms with Gasteiger partial charge in [0.05, 0.1) is 11.4 Å². The normalized spacial score (nSPS) is 10.8. The third-order valence-electron chi connectivity index (χ3n) is 1.69. The first-order valence-electron chi connectivity index (χ1n) is 3.73. The highest BCUT2D eigenvalue weighted by Gasteiger charge is 2.02. The quantitative estimate of drug-likeness (QED) is 0.548. The SMILES string of the molecule is C/C=C\c1c(N)ccc(N)c1N. The molecule has 0 fully saturated rings. The lowest BCUT2D eigenvalue weighted by Crippen LogP contribution is -2.00. The summed E-state index contributed by atoms with van der Waals surface area (Å²) in [7, 11) is 0. The van der Waals surface area contributed by atoms with Crippen LogP contribution in [0.5, 0.6) is 0 Å². The van der Waals surface area contributed by atoms with E-state index in [2.05, 4.69) is 0 Å². The Morgan fingerprint density at radius 3 is 2.25 bits per heavy atom. The van der Waals surface area contributed by atoms with Crippen LogP contribution in [-0.2, 0) is 0 Å². The minimum atomic E-state index is 0.549. The first-order valence-corrected chi connectivity index (χ1v) is 3.73. The number of anilines is 3. The van der Waals surface area contributed by atoms with E-state index >= 15 is 0 Å². The van der Waals surface area contributed by atoms with Crippen molar-refractivity contribution in [2.45, 2.75) is 6.92 Å². The van der Waals surface area contributed by atoms with Gasteiger partial charge in [0.15, 0.2) is 0 Å². The number of allylic oxidation sites excluding steroid dienone is 1. The summed E-state index contributed by atoms with van der Waals surface area (Å²) in [6.45, 7) is 1.90. The molecule has 0 saturated carbocycles. The Labute approximate surface area is 71.9 Å². The summed E-state index contributed by atoms with van der Waals surface area (Å²) < 4.78 is 0. The van der Waals surface area contributed by atoms with Crippen LogP contribution in [0.15, 0.2) is 18.2 Å². The van der Waals surface area contributed by atoms with Crippen LogP contribution in [0, 0.1) is 0 Å². The third-order valence-corrected chi connectivity index (χ3v) is 1.69. The molecular formula is C9H13N3. The number of benzene rings is 1. The standard InChI is InChI=1S/C9H13N3/c1-2-3-6-7(10)4-5-8(11)9(6)12/h2-5H,10-12H2,1H3/b3-2-. The van der Waals surface area contributed by atoms with Crippen LogP contribution in [0.3, 0.4) is 0 Å². The number of nitrogen functional groups attached to an aromatic ring is 3. The van der Waals surface area contributed by atoms with Crippen LogP contribution in [-0.4, -0.2) is 0 Å². The van der Waals surface area contributed by atoms with Crippen molar-refractivity contribution >= 4 is 23.1 Å². The molecule has 6 N–H and O–H groups in total. The Morgan fingerprint density at radius 2 is 1.67 bits per heavy atom. The molecule has 0 heterocycles. The predicted molar refractivity (Wildman–Crippen MR) is 54.4 cm³/mol. The van der Waals surface area contributed by atoms with Gasteiger partial charge in [-0.3, -0.25) is 0 Å². The van der Waals surface area contributed by atoms with Gasteiger partial charge in [-0.2, -0.15) is 0 Å². The lowest BCUT2D eigenvalue weighted by Gasteiger charge is -2.06. The van der Waals surface area contributed by atoms with Crippen LogP contribution in [0.1, 0.15) is 12.5 Å². The summed E-state index contributed by atoms with van der Waals surface area (Å²) >= 11 is 0. The summed E-state index contributed by atoms with van der Waals surface area (Å²) in [6.07, 6.45) is 3.72. The van der Waals surface area contributed by atoms with Crippen molar-refractivity contribution in [1.29, 1.82) is 0 Å². The van der Waals surface area contributed by atoms with E-state index < -0.39 is 0 Å². The molecule has 0 spiro atoms. The summed E-state index contributed by atoms with van der Waals surface area (Å²) in [5, 5.41) is 0. The topological polar surface area (TPSA) is 78.1 Å². The highest BCUT2D eigenvalue weighted by molar-refractivity contribution is 5.83. The van der Waals surface area contributed by atoms with Gasteiger partial charge in [-0.05, 0) is 19.1 Å². The fraction of sp³-hybridized carbons (Fsp3) is 0.111. The van der Waals surface area contributed by atoms with Crippen LogP contribution in [0.2, 0.25) is 0 Å². The molecule has 0 radical (unpaired) electrons. The van der Waals surface area contributed by atoms with Gasteiger partial charge in [-0.15, -0.1) is 0 Å². The van der Waals surface area contributed by atoms with Crippen LogP contribution < -0.4 is 17.2 Å². The molecule has 12 heavy (non-hydrogen) atoms. The number of rotatable bonds is 1. The molecule has 1 aromatic carbocycles. The van der Waals surface area contributed by atoms with E-state index in [1.54, 1.807) is 12.1 Å². The van der Waals surface area contributed by atoms with Crippen molar-refractivity contribution in [1.82, 2.24) is 0 Å². The van der Waals surface area contributed by atoms with Gasteiger partial charge in [-0.1, -0.05) is 12.2 Å². The molecule has 0 aliphatic rings. The summed E-state index contributed by atoms with van der Waals surface area (Å²) in [6, 6.07) is 3.46. The third kappa shape index (κ3) is 1.34. The predicted octanol–water partition coefficient (Wildman–Crippen LogP) is 1.47. The van der Waals surface area contributed by atoms with Crippen LogP contribution in [0.25, 0.3) is 6.08 Å². The highest BCUT2D eigenvalue weighted by atomic mass is 14.7. The van der Waals surface area contributed by atoms with E-state index in [-0.39, 0.29) is 0 Å². The molecule has 0 bridgehead atoms. The Balaban J connectivity index is 3.32. The van der Waals surface area contributed by atoms with Gasteiger partial charge in [0.1, 0.15) is 0 Å². The Kier molecular flexibility index (Phi) is 2.24. The van der Waals surface area contributed by atoms with Gasteiger partial charge in [-0.25, -0.2) is 0 Å². The zero-order chi connectivity index (χ0) is 9.14. The molecule has 3 heteroatoms.